The number of thiophene rings is 1. The molecule has 63 heavy (non-hydrogen) atoms. The van der Waals surface area contributed by atoms with Crippen LogP contribution < -0.4 is 0 Å². The van der Waals surface area contributed by atoms with E-state index < -0.39 is 0 Å². The van der Waals surface area contributed by atoms with Gasteiger partial charge in [-0.15, -0.1) is 11.3 Å². The summed E-state index contributed by atoms with van der Waals surface area (Å²) in [4.78, 5) is 10.8. The number of rotatable bonds is 7. The fourth-order valence-corrected chi connectivity index (χ4v) is 11.2. The molecule has 296 valence electrons. The van der Waals surface area contributed by atoms with Crippen molar-refractivity contribution in [3.05, 3.63) is 241 Å². The average molecular weight is 821 g/mol. The lowest BCUT2D eigenvalue weighted by molar-refractivity contribution is 0.714. The second-order valence-corrected chi connectivity index (χ2v) is 17.6. The van der Waals surface area contributed by atoms with Gasteiger partial charge in [0.05, 0.1) is 11.4 Å². The monoisotopic (exact) mass is 820 g/mol. The van der Waals surface area contributed by atoms with E-state index >= 15 is 0 Å². The minimum Gasteiger partial charge on any atom is -0.228 e. The molecule has 0 fully saturated rings. The van der Waals surface area contributed by atoms with Gasteiger partial charge in [0, 0.05) is 47.8 Å². The third kappa shape index (κ3) is 6.15. The van der Waals surface area contributed by atoms with Crippen molar-refractivity contribution < 1.29 is 0 Å². The highest BCUT2D eigenvalue weighted by molar-refractivity contribution is 7.26. The highest BCUT2D eigenvalue weighted by Crippen LogP contribution is 2.55. The van der Waals surface area contributed by atoms with Gasteiger partial charge in [-0.05, 0) is 92.9 Å². The highest BCUT2D eigenvalue weighted by Gasteiger charge is 2.41. The molecule has 0 N–H and O–H groups in total. The molecule has 1 aliphatic carbocycles. The molecule has 0 saturated carbocycles. The van der Waals surface area contributed by atoms with Crippen molar-refractivity contribution in [1.29, 1.82) is 0 Å². The topological polar surface area (TPSA) is 25.8 Å². The van der Waals surface area contributed by atoms with Gasteiger partial charge in [-0.2, -0.15) is 0 Å². The molecule has 0 saturated heterocycles. The van der Waals surface area contributed by atoms with Gasteiger partial charge in [0.2, 0.25) is 0 Å². The molecule has 2 nitrogen and oxygen atoms in total. The highest BCUT2D eigenvalue weighted by atomic mass is 32.1. The van der Waals surface area contributed by atoms with Gasteiger partial charge in [-0.3, -0.25) is 0 Å². The van der Waals surface area contributed by atoms with E-state index in [4.69, 9.17) is 9.97 Å². The van der Waals surface area contributed by atoms with Crippen LogP contribution in [0.3, 0.4) is 0 Å². The number of benzene rings is 9. The maximum atomic E-state index is 5.41. The standard InChI is InChI=1S/C60H40N2S/c1-60(44-23-9-4-10-24-44)52-32-15-13-28-51(52)57-45(29-18-33-53(57)60)42-35-41(39-19-5-2-6-20-39)36-43(37-42)54-38-55(62-59(61-54)40-21-7-3-8-22-40)47-26-12-11-25-46(47)49-30-17-31-50-48-27-14-16-34-56(48)63-58(49)50/h2-38H,1H3. The number of aromatic nitrogens is 2. The minimum absolute atomic E-state index is 0.303. The van der Waals surface area contributed by atoms with Crippen LogP contribution in [0, 0.1) is 0 Å². The Hall–Kier alpha value is -7.72. The van der Waals surface area contributed by atoms with Crippen LogP contribution in [0.2, 0.25) is 0 Å². The molecular formula is C60H40N2S. The van der Waals surface area contributed by atoms with E-state index in [-0.39, 0.29) is 5.41 Å². The molecule has 0 amide bonds. The number of fused-ring (bicyclic) bond motifs is 6. The fraction of sp³-hybridized carbons (Fsp3) is 0.0333. The molecule has 1 atom stereocenters. The number of hydrogen-bond acceptors (Lipinski definition) is 3. The summed E-state index contributed by atoms with van der Waals surface area (Å²) in [5.41, 5.74) is 18.0. The largest absolute Gasteiger partial charge is 0.228 e. The van der Waals surface area contributed by atoms with E-state index in [1.54, 1.807) is 0 Å². The maximum Gasteiger partial charge on any atom is 0.160 e. The Morgan fingerprint density at radius 2 is 0.921 bits per heavy atom. The van der Waals surface area contributed by atoms with Crippen molar-refractivity contribution in [2.75, 3.05) is 0 Å². The normalized spacial score (nSPS) is 14.2. The van der Waals surface area contributed by atoms with Crippen molar-refractivity contribution in [2.24, 2.45) is 0 Å². The lowest BCUT2D eigenvalue weighted by Gasteiger charge is -2.28. The Morgan fingerprint density at radius 1 is 0.365 bits per heavy atom. The predicted octanol–water partition coefficient (Wildman–Crippen LogP) is 16.2. The zero-order chi connectivity index (χ0) is 41.9. The summed E-state index contributed by atoms with van der Waals surface area (Å²) in [6.45, 7) is 2.38. The summed E-state index contributed by atoms with van der Waals surface area (Å²) in [5.74, 6) is 0.692. The Balaban J connectivity index is 1.09. The first kappa shape index (κ1) is 37.1. The Bertz CT molecular complexity index is 3520. The summed E-state index contributed by atoms with van der Waals surface area (Å²) < 4.78 is 2.57. The number of nitrogens with zero attached hydrogens (tertiary/aromatic N) is 2. The molecule has 2 heterocycles. The van der Waals surface area contributed by atoms with E-state index in [0.717, 1.165) is 50.3 Å². The van der Waals surface area contributed by atoms with Crippen molar-refractivity contribution >= 4 is 31.5 Å². The molecule has 3 heteroatoms. The quantitative estimate of drug-likeness (QED) is 0.160. The van der Waals surface area contributed by atoms with Crippen LogP contribution >= 0.6 is 11.3 Å². The molecule has 1 aliphatic rings. The van der Waals surface area contributed by atoms with E-state index in [0.29, 0.717) is 5.82 Å². The summed E-state index contributed by atoms with van der Waals surface area (Å²) in [6, 6.07) is 81.2. The van der Waals surface area contributed by atoms with Gasteiger partial charge in [0.15, 0.2) is 5.82 Å². The molecule has 0 radical (unpaired) electrons. The molecule has 2 aromatic heterocycles. The summed E-state index contributed by atoms with van der Waals surface area (Å²) in [7, 11) is 0. The van der Waals surface area contributed by atoms with Crippen molar-refractivity contribution in [1.82, 2.24) is 9.97 Å². The van der Waals surface area contributed by atoms with E-state index in [1.807, 2.05) is 17.4 Å². The molecule has 1 unspecified atom stereocenters. The van der Waals surface area contributed by atoms with Crippen LogP contribution in [-0.2, 0) is 5.41 Å². The predicted molar refractivity (Wildman–Crippen MR) is 265 cm³/mol. The third-order valence-electron chi connectivity index (χ3n) is 13.0. The lowest BCUT2D eigenvalue weighted by Crippen LogP contribution is -2.22. The van der Waals surface area contributed by atoms with Crippen molar-refractivity contribution in [2.45, 2.75) is 12.3 Å². The Morgan fingerprint density at radius 3 is 1.73 bits per heavy atom. The van der Waals surface area contributed by atoms with Crippen molar-refractivity contribution in [3.63, 3.8) is 0 Å². The van der Waals surface area contributed by atoms with E-state index in [2.05, 4.69) is 225 Å². The van der Waals surface area contributed by atoms with Crippen LogP contribution in [0.1, 0.15) is 23.6 Å². The molecule has 11 aromatic rings. The number of hydrogen-bond donors (Lipinski definition) is 0. The van der Waals surface area contributed by atoms with Gasteiger partial charge in [-0.1, -0.05) is 194 Å². The molecule has 0 aliphatic heterocycles. The van der Waals surface area contributed by atoms with E-state index in [1.165, 1.54) is 59.1 Å². The van der Waals surface area contributed by atoms with Gasteiger partial charge in [0.1, 0.15) is 0 Å². The molecule has 0 spiro atoms. The zero-order valence-corrected chi connectivity index (χ0v) is 35.5. The first-order valence-electron chi connectivity index (χ1n) is 21.6. The van der Waals surface area contributed by atoms with Gasteiger partial charge < -0.3 is 0 Å². The van der Waals surface area contributed by atoms with Crippen LogP contribution in [0.5, 0.6) is 0 Å². The maximum absolute atomic E-state index is 5.41. The lowest BCUT2D eigenvalue weighted by atomic mass is 9.74. The second-order valence-electron chi connectivity index (χ2n) is 16.6. The summed E-state index contributed by atoms with van der Waals surface area (Å²) in [6.07, 6.45) is 0. The fourth-order valence-electron chi connectivity index (χ4n) is 9.94. The average Bonchev–Trinajstić information content (AvgIpc) is 3.88. The zero-order valence-electron chi connectivity index (χ0n) is 34.7. The van der Waals surface area contributed by atoms with Crippen LogP contribution in [-0.4, -0.2) is 9.97 Å². The first-order valence-corrected chi connectivity index (χ1v) is 22.4. The second kappa shape index (κ2) is 15.0. The molecule has 0 bridgehead atoms. The molecule has 9 aromatic carbocycles. The summed E-state index contributed by atoms with van der Waals surface area (Å²) >= 11 is 1.86. The molecule has 12 rings (SSSR count). The van der Waals surface area contributed by atoms with E-state index in [9.17, 15) is 0 Å². The SMILES string of the molecule is CC1(c2ccccc2)c2ccccc2-c2c(-c3cc(-c4ccccc4)cc(-c4cc(-c5ccccc5-c5cccc6c5sc5ccccc56)nc(-c5ccccc5)n4)c3)cccc21. The van der Waals surface area contributed by atoms with Crippen molar-refractivity contribution in [3.8, 4) is 78.4 Å². The van der Waals surface area contributed by atoms with Gasteiger partial charge >= 0.3 is 0 Å². The minimum atomic E-state index is -0.303. The third-order valence-corrected chi connectivity index (χ3v) is 14.2. The van der Waals surface area contributed by atoms with Crippen LogP contribution in [0.25, 0.3) is 98.6 Å². The van der Waals surface area contributed by atoms with Gasteiger partial charge in [-0.25, -0.2) is 9.97 Å². The summed E-state index contributed by atoms with van der Waals surface area (Å²) in [5, 5.41) is 2.57. The Kier molecular flexibility index (Phi) is 8.84. The van der Waals surface area contributed by atoms with Crippen LogP contribution in [0.15, 0.2) is 224 Å². The first-order chi connectivity index (χ1) is 31.1. The van der Waals surface area contributed by atoms with Crippen LogP contribution in [0.4, 0.5) is 0 Å². The Labute approximate surface area is 371 Å². The van der Waals surface area contributed by atoms with Gasteiger partial charge in [0.25, 0.3) is 0 Å². The smallest absolute Gasteiger partial charge is 0.160 e. The molecular weight excluding hydrogens is 781 g/mol.